The average Bonchev–Trinajstić information content (AvgIpc) is 1.73. The summed E-state index contributed by atoms with van der Waals surface area (Å²) in [5.41, 5.74) is 4.97. The van der Waals surface area contributed by atoms with Crippen LogP contribution in [0.4, 0.5) is 13.2 Å². The number of alkyl halides is 4. The number of esters is 2. The van der Waals surface area contributed by atoms with Crippen molar-refractivity contribution in [1.82, 2.24) is 19.9 Å². The first-order chi connectivity index (χ1) is 69.8. The summed E-state index contributed by atoms with van der Waals surface area (Å²) in [6.45, 7) is 13.6. The van der Waals surface area contributed by atoms with E-state index in [1.54, 1.807) is 98.8 Å². The molecule has 11 rings (SSSR count). The van der Waals surface area contributed by atoms with Gasteiger partial charge in [0.05, 0.1) is 64.7 Å². The van der Waals surface area contributed by atoms with Crippen molar-refractivity contribution in [1.29, 1.82) is 0 Å². The van der Waals surface area contributed by atoms with E-state index in [9.17, 15) is 162 Å². The molecule has 0 bridgehead atoms. The number of nitrogens with zero attached hydrogens (tertiary/aromatic N) is 16. The van der Waals surface area contributed by atoms with Gasteiger partial charge in [0.1, 0.15) is 80.1 Å². The Labute approximate surface area is 882 Å². The van der Waals surface area contributed by atoms with Crippen LogP contribution in [0.2, 0.25) is 0 Å². The molecule has 75 heteroatoms. The van der Waals surface area contributed by atoms with Gasteiger partial charge in [-0.1, -0.05) is 121 Å². The molecule has 13 atom stereocenters. The molecule has 816 valence electrons. The minimum Gasteiger partial charge on any atom is -0.426 e. The van der Waals surface area contributed by atoms with E-state index in [1.807, 2.05) is 33.1 Å². The van der Waals surface area contributed by atoms with E-state index >= 15 is 0 Å². The van der Waals surface area contributed by atoms with Crippen LogP contribution in [-0.4, -0.2) is 193 Å². The molecule has 3 aliphatic rings. The molecule has 0 N–H and O–H groups in total. The van der Waals surface area contributed by atoms with Crippen LogP contribution < -0.4 is 9.47 Å². The summed E-state index contributed by atoms with van der Waals surface area (Å²) in [7, 11) is 2.40. The number of hydrogen-bond donors (Lipinski definition) is 0. The number of para-hydroxylation sites is 2. The summed E-state index contributed by atoms with van der Waals surface area (Å²) in [6.07, 6.45) is -10.3. The van der Waals surface area contributed by atoms with Crippen molar-refractivity contribution in [2.75, 3.05) is 31.3 Å². The largest absolute Gasteiger partial charge is 0.434 e. The number of thiazole rings is 4. The Bertz CT molecular complexity index is 6000. The monoisotopic (exact) mass is 2390 g/mol. The lowest BCUT2D eigenvalue weighted by Crippen LogP contribution is -2.35. The van der Waals surface area contributed by atoms with Crippen molar-refractivity contribution >= 4 is 160 Å². The molecule has 0 amide bonds. The van der Waals surface area contributed by atoms with Crippen LogP contribution in [0.15, 0.2) is 123 Å². The Morgan fingerprint density at radius 3 is 1.45 bits per heavy atom. The molecular weight excluding hydrogens is 2310 g/mol. The predicted octanol–water partition coefficient (Wildman–Crippen LogP) is 15.7. The average molecular weight is 2390 g/mol. The number of rotatable bonds is 44. The molecule has 0 aliphatic carbocycles. The Kier molecular flexibility index (Phi) is 54.8. The lowest BCUT2D eigenvalue weighted by Gasteiger charge is -2.20. The summed E-state index contributed by atoms with van der Waals surface area (Å²) in [6, 6.07) is 26.2. The van der Waals surface area contributed by atoms with Crippen molar-refractivity contribution in [3.8, 4) is 11.5 Å². The number of carbonyl (C=O) groups is 4. The maximum atomic E-state index is 12.5. The lowest BCUT2D eigenvalue weighted by molar-refractivity contribution is -0.792. The number of carbonyl (C=O) groups excluding carboxylic acids is 4. The number of aromatic nitrogens is 4. The van der Waals surface area contributed by atoms with Crippen LogP contribution in [0.5, 0.6) is 11.5 Å². The van der Waals surface area contributed by atoms with Gasteiger partial charge in [-0.05, 0) is 151 Å². The second kappa shape index (κ2) is 63.9. The first-order valence-electron chi connectivity index (χ1n) is 40.8. The number of halogens is 4. The van der Waals surface area contributed by atoms with Crippen LogP contribution in [0.1, 0.15) is 158 Å². The summed E-state index contributed by atoms with van der Waals surface area (Å²) in [5.74, 6) is 0.267. The standard InChI is InChI=1S/2C16H13NO6S.C10H11N3O3S2.C8H13N3O9S2.C7H11N3O9S2.C6H5F3N2O3S.C6H7N3O6S.C5H9BrO2S/c1-11(18)23-14-8-4-3-7-13(14)16(19)24-15-9-5-2-6-12(15)10-22-17(20)21;1-11(18)23-15-8-3-2-7-14(15)16(19)24-13-6-4-5-12(9-13)10-22-17(20)21;1-5-4-17-10(11-5)8(16-13(14)15)9-6(2)12-7(3)18-9;1-5(19-10(14)15)2-6-3-8(22-21-6)7(20-11(16)17)4-18-9(12)13;1-4(18-9(13)14)6-2-7(21-20-6)5(19-10(15)16)3-17-8(11)12;1-3(14-11(12)13)4-5(6(7,8)9)10-2-15-4;1-4-6(16-3-7-4)5(15-9(12)13)2-14-8(10)11;1-4-2-9(7,8)3-5(4)6/h2*2-9H,10H2,1H3;4,8H,1-3H3;5-8H,2-4H2,1H3;4-7H,2-3H2,1H3;2-3H,1H3;3,5H,2H2,1H3;4-5H,2-3H2,1H3. The maximum Gasteiger partial charge on any atom is 0.434 e. The van der Waals surface area contributed by atoms with Crippen molar-refractivity contribution in [2.24, 2.45) is 5.92 Å². The topological polar surface area (TPSA) is 801 Å². The van der Waals surface area contributed by atoms with E-state index in [0.717, 1.165) is 68.6 Å². The molecule has 149 heavy (non-hydrogen) atoms. The van der Waals surface area contributed by atoms with E-state index in [-0.39, 0.29) is 72.2 Å². The zero-order chi connectivity index (χ0) is 112. The van der Waals surface area contributed by atoms with Crippen LogP contribution in [0, 0.1) is 155 Å². The van der Waals surface area contributed by atoms with Gasteiger partial charge < -0.3 is 62.7 Å². The molecule has 0 radical (unpaired) electrons. The van der Waals surface area contributed by atoms with Gasteiger partial charge in [0.2, 0.25) is 10.2 Å². The highest BCUT2D eigenvalue weighted by Crippen LogP contribution is 2.49. The second-order valence-electron chi connectivity index (χ2n) is 28.9. The third-order valence-corrected chi connectivity index (χ3v) is 34.2. The van der Waals surface area contributed by atoms with Gasteiger partial charge in [0, 0.05) is 60.5 Å². The molecule has 3 aliphatic heterocycles. The minimum absolute atomic E-state index is 0.0431. The quantitative estimate of drug-likeness (QED) is 0.00651. The molecule has 3 saturated heterocycles. The highest BCUT2D eigenvalue weighted by Gasteiger charge is 2.42. The molecule has 4 aromatic carbocycles. The minimum atomic E-state index is -4.62. The molecule has 7 heterocycles. The number of ether oxygens (including phenoxy) is 2. The highest BCUT2D eigenvalue weighted by atomic mass is 79.9. The zero-order valence-corrected chi connectivity index (χ0v) is 88.2. The molecule has 13 unspecified atom stereocenters. The van der Waals surface area contributed by atoms with Gasteiger partial charge in [0.15, 0.2) is 27.7 Å². The molecule has 0 spiro atoms. The number of benzene rings is 4. The Morgan fingerprint density at radius 1 is 0.503 bits per heavy atom. The Morgan fingerprint density at radius 2 is 0.987 bits per heavy atom. The Hall–Kier alpha value is -13.6. The van der Waals surface area contributed by atoms with Crippen molar-refractivity contribution in [2.45, 2.75) is 186 Å². The van der Waals surface area contributed by atoms with Crippen molar-refractivity contribution in [3.63, 3.8) is 0 Å². The van der Waals surface area contributed by atoms with Crippen LogP contribution >= 0.6 is 128 Å². The fraction of sp³-hybridized carbons (Fsp3) is 0.459. The smallest absolute Gasteiger partial charge is 0.426 e. The second-order valence-corrected chi connectivity index (χ2v) is 43.8. The molecule has 3 fully saturated rings. The van der Waals surface area contributed by atoms with Crippen molar-refractivity contribution in [3.05, 3.63) is 305 Å². The maximum absolute atomic E-state index is 12.5. The first kappa shape index (κ1) is 128. The van der Waals surface area contributed by atoms with E-state index in [0.29, 0.717) is 78.6 Å². The van der Waals surface area contributed by atoms with Gasteiger partial charge in [-0.15, -0.1) is 167 Å². The van der Waals surface area contributed by atoms with Gasteiger partial charge in [-0.3, -0.25) is 24.0 Å². The van der Waals surface area contributed by atoms with E-state index in [1.165, 1.54) is 104 Å². The van der Waals surface area contributed by atoms with Crippen LogP contribution in [0.3, 0.4) is 0 Å². The van der Waals surface area contributed by atoms with Crippen molar-refractivity contribution < 1.29 is 169 Å². The SMILES string of the molecule is CC(=O)Oc1ccccc1C(=O)Sc1cccc(CO[N+](=O)[O-])c1.CC(=O)Oc1ccccc1C(=O)Sc1ccccc1CO[N+](=O)[O-].CC(CC1CC(C(CO[N+](=O)[O-])O[N+](=O)[O-])SS1)O[N+](=O)[O-].CC(O[N+](=O)[O-])C1CC(C(CO[N+](=O)[O-])O[N+](=O)[O-])SS1.CC(O[N+](=O)[O-])c1scnc1C(F)(F)F.CC1CS(=O)(=O)CC1Br.Cc1csc(C(O[N+](=O)[O-])c2sc(C)nc2C)n1.Cc1ncsc1C(CO[N+](=O)[O-])O[N+](=O)[O-]. The molecular formula is C74H82BrF3N16O44S11. The lowest BCUT2D eigenvalue weighted by atomic mass is 10.1. The Balaban J connectivity index is 0.000000358. The summed E-state index contributed by atoms with van der Waals surface area (Å²) in [5, 5.41) is 113. The van der Waals surface area contributed by atoms with Crippen LogP contribution in [0.25, 0.3) is 0 Å². The third-order valence-electron chi connectivity index (χ3n) is 17.7. The van der Waals surface area contributed by atoms with Gasteiger partial charge in [-0.25, -0.2) is 28.4 Å². The number of aryl methyl sites for hydroxylation is 4. The molecule has 8 aromatic rings. The summed E-state index contributed by atoms with van der Waals surface area (Å²) < 4.78 is 68.6. The number of thioether (sulfide) groups is 2. The summed E-state index contributed by atoms with van der Waals surface area (Å²) in [4.78, 5) is 239. The first-order valence-corrected chi connectivity index (χ1v) is 53.1. The van der Waals surface area contributed by atoms with Gasteiger partial charge in [-0.2, -0.15) is 13.2 Å². The molecule has 4 aromatic heterocycles. The number of hydrogen-bond acceptors (Lipinski definition) is 58. The van der Waals surface area contributed by atoms with E-state index < -0.39 is 168 Å². The third kappa shape index (κ3) is 49.8. The predicted molar refractivity (Wildman–Crippen MR) is 520 cm³/mol. The number of sulfone groups is 1. The normalized spacial score (nSPS) is 16.7. The van der Waals surface area contributed by atoms with Gasteiger partial charge >= 0.3 is 18.1 Å². The summed E-state index contributed by atoms with van der Waals surface area (Å²) >= 11 is 9.63. The van der Waals surface area contributed by atoms with E-state index in [2.05, 4.69) is 89.1 Å². The molecule has 0 saturated carbocycles. The fourth-order valence-electron chi connectivity index (χ4n) is 11.7. The fourth-order valence-corrected chi connectivity index (χ4v) is 27.7. The van der Waals surface area contributed by atoms with Crippen LogP contribution in [-0.2, 0) is 96.9 Å². The highest BCUT2D eigenvalue weighted by molar-refractivity contribution is 9.09. The van der Waals surface area contributed by atoms with Gasteiger partial charge in [0.25, 0.3) is 61.0 Å². The zero-order valence-electron chi connectivity index (χ0n) is 77.7. The van der Waals surface area contributed by atoms with E-state index in [4.69, 9.17) is 14.3 Å². The molecule has 60 nitrogen and oxygen atoms in total.